The zero-order chi connectivity index (χ0) is 17.4. The minimum Gasteiger partial charge on any atom is -0.330 e. The second-order valence-electron chi connectivity index (χ2n) is 5.09. The van der Waals surface area contributed by atoms with Gasteiger partial charge in [-0.15, -0.1) is 0 Å². The molecule has 0 saturated carbocycles. The molecule has 24 heavy (non-hydrogen) atoms. The van der Waals surface area contributed by atoms with E-state index in [-0.39, 0.29) is 40.4 Å². The fraction of sp³-hybridized carbons (Fsp3) is 0.125. The highest BCUT2D eigenvalue weighted by Gasteiger charge is 2.18. The second-order valence-corrected chi connectivity index (χ2v) is 5.49. The van der Waals surface area contributed by atoms with E-state index in [0.717, 1.165) is 22.8 Å². The Morgan fingerprint density at radius 3 is 2.42 bits per heavy atom. The molecule has 2 aromatic carbocycles. The molecule has 2 N–H and O–H groups in total. The highest BCUT2D eigenvalue weighted by molar-refractivity contribution is 6.35. The Bertz CT molecular complexity index is 984. The lowest BCUT2D eigenvalue weighted by Gasteiger charge is -2.14. The minimum absolute atomic E-state index is 0.00572. The van der Waals surface area contributed by atoms with Gasteiger partial charge in [-0.05, 0) is 30.8 Å². The molecule has 1 heterocycles. The molecule has 124 valence electrons. The number of hydrogen-bond donors (Lipinski definition) is 1. The second kappa shape index (κ2) is 6.26. The summed E-state index contributed by atoms with van der Waals surface area (Å²) >= 11 is 5.99. The van der Waals surface area contributed by atoms with E-state index in [1.54, 1.807) is 0 Å². The van der Waals surface area contributed by atoms with E-state index < -0.39 is 23.0 Å². The Labute approximate surface area is 139 Å². The number of nitrogens with zero attached hydrogens (tertiary/aromatic N) is 2. The van der Waals surface area contributed by atoms with Crippen LogP contribution in [-0.4, -0.2) is 16.1 Å². The molecule has 0 bridgehead atoms. The molecule has 4 nitrogen and oxygen atoms in total. The summed E-state index contributed by atoms with van der Waals surface area (Å²) in [5, 5.41) is -0.170. The van der Waals surface area contributed by atoms with Crippen molar-refractivity contribution >= 4 is 22.5 Å². The Morgan fingerprint density at radius 1 is 1.12 bits per heavy atom. The van der Waals surface area contributed by atoms with Gasteiger partial charge >= 0.3 is 0 Å². The van der Waals surface area contributed by atoms with Crippen molar-refractivity contribution in [3.05, 3.63) is 69.0 Å². The lowest BCUT2D eigenvalue weighted by atomic mass is 10.2. The maximum atomic E-state index is 14.0. The standard InChI is InChI=1S/C16H11ClF3N3O/c17-11-1-2-12(20)15-14(11)16(24)23(13(22-15)3-4-21)10-6-8(18)5-9(19)7-10/h1-2,5-7H,3-4,21H2. The third-order valence-electron chi connectivity index (χ3n) is 3.47. The van der Waals surface area contributed by atoms with E-state index in [2.05, 4.69) is 4.98 Å². The van der Waals surface area contributed by atoms with Crippen molar-refractivity contribution < 1.29 is 13.2 Å². The van der Waals surface area contributed by atoms with Gasteiger partial charge in [0, 0.05) is 12.5 Å². The maximum absolute atomic E-state index is 14.0. The molecule has 0 radical (unpaired) electrons. The SMILES string of the molecule is NCCc1nc2c(F)ccc(Cl)c2c(=O)n1-c1cc(F)cc(F)c1. The van der Waals surface area contributed by atoms with Gasteiger partial charge in [0.05, 0.1) is 16.1 Å². The first-order valence-corrected chi connectivity index (χ1v) is 7.36. The molecule has 0 fully saturated rings. The number of benzene rings is 2. The summed E-state index contributed by atoms with van der Waals surface area (Å²) in [6.45, 7) is 0.109. The number of aromatic nitrogens is 2. The van der Waals surface area contributed by atoms with Gasteiger partial charge < -0.3 is 5.73 Å². The van der Waals surface area contributed by atoms with Gasteiger partial charge in [-0.2, -0.15) is 0 Å². The zero-order valence-electron chi connectivity index (χ0n) is 12.2. The largest absolute Gasteiger partial charge is 0.330 e. The van der Waals surface area contributed by atoms with Crippen molar-refractivity contribution in [1.29, 1.82) is 0 Å². The Balaban J connectivity index is 2.45. The van der Waals surface area contributed by atoms with E-state index in [1.165, 1.54) is 6.07 Å². The predicted octanol–water partition coefficient (Wildman–Crippen LogP) is 2.96. The average Bonchev–Trinajstić information content (AvgIpc) is 2.50. The van der Waals surface area contributed by atoms with E-state index in [1.807, 2.05) is 0 Å². The molecular formula is C16H11ClF3N3O. The molecule has 8 heteroatoms. The zero-order valence-corrected chi connectivity index (χ0v) is 12.9. The first-order valence-electron chi connectivity index (χ1n) is 6.98. The number of nitrogens with two attached hydrogens (primary N) is 1. The molecule has 0 aliphatic rings. The fourth-order valence-corrected chi connectivity index (χ4v) is 2.73. The molecule has 0 aliphatic heterocycles. The van der Waals surface area contributed by atoms with Gasteiger partial charge in [0.2, 0.25) is 0 Å². The van der Waals surface area contributed by atoms with Gasteiger partial charge in [0.15, 0.2) is 0 Å². The van der Waals surface area contributed by atoms with Crippen molar-refractivity contribution in [2.75, 3.05) is 6.54 Å². The highest BCUT2D eigenvalue weighted by Crippen LogP contribution is 2.23. The van der Waals surface area contributed by atoms with Crippen LogP contribution in [0, 0.1) is 17.5 Å². The van der Waals surface area contributed by atoms with E-state index in [4.69, 9.17) is 17.3 Å². The number of hydrogen-bond acceptors (Lipinski definition) is 3. The topological polar surface area (TPSA) is 60.9 Å². The summed E-state index contributed by atoms with van der Waals surface area (Å²) in [5.41, 5.74) is 4.50. The molecule has 0 spiro atoms. The van der Waals surface area contributed by atoms with Gasteiger partial charge in [0.25, 0.3) is 5.56 Å². The third-order valence-corrected chi connectivity index (χ3v) is 3.78. The van der Waals surface area contributed by atoms with Gasteiger partial charge in [-0.1, -0.05) is 11.6 Å². The van der Waals surface area contributed by atoms with Crippen molar-refractivity contribution in [2.24, 2.45) is 5.73 Å². The molecule has 0 unspecified atom stereocenters. The molecule has 0 amide bonds. The van der Waals surface area contributed by atoms with Crippen LogP contribution in [0.3, 0.4) is 0 Å². The van der Waals surface area contributed by atoms with Crippen LogP contribution < -0.4 is 11.3 Å². The van der Waals surface area contributed by atoms with E-state index in [0.29, 0.717) is 6.07 Å². The Hall–Kier alpha value is -2.38. The van der Waals surface area contributed by atoms with Crippen LogP contribution in [-0.2, 0) is 6.42 Å². The first kappa shape index (κ1) is 16.5. The van der Waals surface area contributed by atoms with Crippen LogP contribution in [0.4, 0.5) is 13.2 Å². The molecule has 3 aromatic rings. The van der Waals surface area contributed by atoms with Gasteiger partial charge in [-0.25, -0.2) is 18.2 Å². The number of rotatable bonds is 3. The molecule has 1 aromatic heterocycles. The predicted molar refractivity (Wildman–Crippen MR) is 85.0 cm³/mol. The van der Waals surface area contributed by atoms with Crippen LogP contribution in [0.25, 0.3) is 16.6 Å². The highest BCUT2D eigenvalue weighted by atomic mass is 35.5. The first-order chi connectivity index (χ1) is 11.4. The van der Waals surface area contributed by atoms with Crippen LogP contribution in [0.15, 0.2) is 35.1 Å². The van der Waals surface area contributed by atoms with Gasteiger partial charge in [-0.3, -0.25) is 9.36 Å². The smallest absolute Gasteiger partial charge is 0.267 e. The fourth-order valence-electron chi connectivity index (χ4n) is 2.49. The monoisotopic (exact) mass is 353 g/mol. The Kier molecular flexibility index (Phi) is 4.29. The lowest BCUT2D eigenvalue weighted by molar-refractivity contribution is 0.580. The van der Waals surface area contributed by atoms with Crippen molar-refractivity contribution in [1.82, 2.24) is 9.55 Å². The van der Waals surface area contributed by atoms with Crippen molar-refractivity contribution in [3.63, 3.8) is 0 Å². The van der Waals surface area contributed by atoms with Crippen LogP contribution in [0.2, 0.25) is 5.02 Å². The lowest BCUT2D eigenvalue weighted by Crippen LogP contribution is -2.26. The minimum atomic E-state index is -0.860. The quantitative estimate of drug-likeness (QED) is 0.787. The molecule has 0 saturated heterocycles. The number of fused-ring (bicyclic) bond motifs is 1. The molecule has 0 aliphatic carbocycles. The summed E-state index contributed by atoms with van der Waals surface area (Å²) < 4.78 is 42.1. The Morgan fingerprint density at radius 2 is 1.79 bits per heavy atom. The summed E-state index contributed by atoms with van der Waals surface area (Å²) in [5.74, 6) is -2.36. The molecular weight excluding hydrogens is 343 g/mol. The summed E-state index contributed by atoms with van der Waals surface area (Å²) in [6.07, 6.45) is 0.106. The average molecular weight is 354 g/mol. The third kappa shape index (κ3) is 2.76. The van der Waals surface area contributed by atoms with Crippen LogP contribution >= 0.6 is 11.6 Å². The van der Waals surface area contributed by atoms with E-state index >= 15 is 0 Å². The maximum Gasteiger partial charge on any atom is 0.267 e. The van der Waals surface area contributed by atoms with Crippen LogP contribution in [0.1, 0.15) is 5.82 Å². The summed E-state index contributed by atoms with van der Waals surface area (Å²) in [4.78, 5) is 16.9. The van der Waals surface area contributed by atoms with Gasteiger partial charge in [0.1, 0.15) is 28.8 Å². The molecule has 3 rings (SSSR count). The van der Waals surface area contributed by atoms with E-state index in [9.17, 15) is 18.0 Å². The van der Waals surface area contributed by atoms with Crippen molar-refractivity contribution in [3.8, 4) is 5.69 Å². The summed E-state index contributed by atoms with van der Waals surface area (Å²) in [7, 11) is 0. The van der Waals surface area contributed by atoms with Crippen molar-refractivity contribution in [2.45, 2.75) is 6.42 Å². The van der Waals surface area contributed by atoms with Crippen LogP contribution in [0.5, 0.6) is 0 Å². The summed E-state index contributed by atoms with van der Waals surface area (Å²) in [6, 6.07) is 4.95. The number of halogens is 4. The normalized spacial score (nSPS) is 11.2. The molecule has 0 atom stereocenters.